The Morgan fingerprint density at radius 1 is 1.53 bits per heavy atom. The van der Waals surface area contributed by atoms with Gasteiger partial charge in [-0.2, -0.15) is 0 Å². The van der Waals surface area contributed by atoms with Crippen LogP contribution < -0.4 is 0 Å². The highest BCUT2D eigenvalue weighted by Gasteiger charge is 2.24. The Morgan fingerprint density at radius 3 is 2.71 bits per heavy atom. The second kappa shape index (κ2) is 5.97. The van der Waals surface area contributed by atoms with Crippen molar-refractivity contribution >= 4 is 17.7 Å². The van der Waals surface area contributed by atoms with Gasteiger partial charge in [-0.05, 0) is 25.3 Å². The van der Waals surface area contributed by atoms with Gasteiger partial charge < -0.3 is 9.84 Å². The topological polar surface area (TPSA) is 46.5 Å². The van der Waals surface area contributed by atoms with E-state index in [4.69, 9.17) is 0 Å². The lowest BCUT2D eigenvalue weighted by atomic mass is 10.1. The minimum atomic E-state index is -1.81. The van der Waals surface area contributed by atoms with Crippen molar-refractivity contribution in [2.45, 2.75) is 17.9 Å². The van der Waals surface area contributed by atoms with Gasteiger partial charge in [-0.25, -0.2) is 13.6 Å². The second-order valence-electron chi connectivity index (χ2n) is 3.17. The van der Waals surface area contributed by atoms with E-state index in [2.05, 4.69) is 4.74 Å². The van der Waals surface area contributed by atoms with Crippen molar-refractivity contribution in [2.24, 2.45) is 0 Å². The third-order valence-corrected chi connectivity index (χ3v) is 2.79. The Balaban J connectivity index is 3.12. The van der Waals surface area contributed by atoms with E-state index >= 15 is 0 Å². The Bertz CT molecular complexity index is 423. The van der Waals surface area contributed by atoms with Crippen LogP contribution in [0.1, 0.15) is 18.6 Å². The maximum atomic E-state index is 13.7. The van der Waals surface area contributed by atoms with Gasteiger partial charge in [0.05, 0.1) is 6.61 Å². The molecular weight excluding hydrogens is 250 g/mol. The Labute approximate surface area is 102 Å². The summed E-state index contributed by atoms with van der Waals surface area (Å²) in [5, 5.41) is 9.55. The van der Waals surface area contributed by atoms with E-state index in [0.717, 1.165) is 23.9 Å². The summed E-state index contributed by atoms with van der Waals surface area (Å²) in [7, 11) is 0. The molecule has 0 saturated carbocycles. The van der Waals surface area contributed by atoms with Crippen molar-refractivity contribution in [1.82, 2.24) is 0 Å². The first-order chi connectivity index (χ1) is 8.01. The maximum absolute atomic E-state index is 13.7. The zero-order valence-corrected chi connectivity index (χ0v) is 10.2. The third kappa shape index (κ3) is 3.17. The van der Waals surface area contributed by atoms with Crippen molar-refractivity contribution in [3.63, 3.8) is 0 Å². The van der Waals surface area contributed by atoms with Crippen molar-refractivity contribution in [2.75, 3.05) is 12.9 Å². The van der Waals surface area contributed by atoms with E-state index in [1.807, 2.05) is 0 Å². The first kappa shape index (κ1) is 13.9. The number of esters is 1. The van der Waals surface area contributed by atoms with Gasteiger partial charge in [-0.1, -0.05) is 0 Å². The van der Waals surface area contributed by atoms with Gasteiger partial charge in [-0.15, -0.1) is 11.8 Å². The van der Waals surface area contributed by atoms with Crippen LogP contribution in [-0.4, -0.2) is 23.9 Å². The van der Waals surface area contributed by atoms with E-state index in [1.165, 1.54) is 0 Å². The van der Waals surface area contributed by atoms with Crippen LogP contribution in [0.3, 0.4) is 0 Å². The Morgan fingerprint density at radius 2 is 2.18 bits per heavy atom. The zero-order valence-electron chi connectivity index (χ0n) is 9.37. The molecule has 0 aliphatic heterocycles. The fourth-order valence-electron chi connectivity index (χ4n) is 1.28. The van der Waals surface area contributed by atoms with E-state index in [1.54, 1.807) is 13.2 Å². The van der Waals surface area contributed by atoms with Crippen molar-refractivity contribution in [3.8, 4) is 0 Å². The molecule has 0 saturated heterocycles. The van der Waals surface area contributed by atoms with Crippen LogP contribution >= 0.6 is 11.8 Å². The number of rotatable bonds is 4. The largest absolute Gasteiger partial charge is 0.464 e. The summed E-state index contributed by atoms with van der Waals surface area (Å²) >= 11 is 0.988. The summed E-state index contributed by atoms with van der Waals surface area (Å²) in [4.78, 5) is 11.3. The first-order valence-corrected chi connectivity index (χ1v) is 6.11. The monoisotopic (exact) mass is 262 g/mol. The SMILES string of the molecule is CCOC(=O)C(O)c1cc(F)cc(SC)c1F. The number of hydrogen-bond acceptors (Lipinski definition) is 4. The lowest BCUT2D eigenvalue weighted by Gasteiger charge is -2.12. The third-order valence-electron chi connectivity index (χ3n) is 2.06. The fourth-order valence-corrected chi connectivity index (χ4v) is 1.81. The molecule has 1 aromatic rings. The van der Waals surface area contributed by atoms with E-state index in [-0.39, 0.29) is 11.5 Å². The highest BCUT2D eigenvalue weighted by Crippen LogP contribution is 2.28. The van der Waals surface area contributed by atoms with Gasteiger partial charge in [0.1, 0.15) is 11.6 Å². The molecule has 0 bridgehead atoms. The summed E-state index contributed by atoms with van der Waals surface area (Å²) in [6, 6.07) is 1.79. The summed E-state index contributed by atoms with van der Waals surface area (Å²) in [6.07, 6.45) is -0.241. The number of aliphatic hydroxyl groups excluding tert-OH is 1. The number of benzene rings is 1. The normalized spacial score (nSPS) is 12.3. The maximum Gasteiger partial charge on any atom is 0.339 e. The lowest BCUT2D eigenvalue weighted by molar-refractivity contribution is -0.153. The van der Waals surface area contributed by atoms with Crippen LogP contribution in [0.15, 0.2) is 17.0 Å². The van der Waals surface area contributed by atoms with Gasteiger partial charge in [0.15, 0.2) is 6.10 Å². The van der Waals surface area contributed by atoms with Crippen molar-refractivity contribution in [1.29, 1.82) is 0 Å². The fraction of sp³-hybridized carbons (Fsp3) is 0.364. The molecule has 3 nitrogen and oxygen atoms in total. The quantitative estimate of drug-likeness (QED) is 0.668. The number of aliphatic hydroxyl groups is 1. The number of thioether (sulfide) groups is 1. The summed E-state index contributed by atoms with van der Waals surface area (Å²) < 4.78 is 31.5. The molecule has 1 N–H and O–H groups in total. The molecule has 6 heteroatoms. The molecule has 0 heterocycles. The average Bonchev–Trinajstić information content (AvgIpc) is 2.31. The molecule has 0 aliphatic carbocycles. The molecule has 1 rings (SSSR count). The van der Waals surface area contributed by atoms with Crippen molar-refractivity contribution < 1.29 is 23.4 Å². The molecule has 0 fully saturated rings. The first-order valence-electron chi connectivity index (χ1n) is 4.88. The van der Waals surface area contributed by atoms with Gasteiger partial charge >= 0.3 is 5.97 Å². The molecule has 0 spiro atoms. The molecule has 1 aromatic carbocycles. The Hall–Kier alpha value is -1.14. The van der Waals surface area contributed by atoms with Crippen LogP contribution in [0.4, 0.5) is 8.78 Å². The minimum Gasteiger partial charge on any atom is -0.464 e. The molecule has 0 amide bonds. The number of halogens is 2. The molecule has 1 unspecified atom stereocenters. The van der Waals surface area contributed by atoms with Crippen LogP contribution in [0.25, 0.3) is 0 Å². The summed E-state index contributed by atoms with van der Waals surface area (Å²) in [5.74, 6) is -2.52. The molecule has 0 aromatic heterocycles. The average molecular weight is 262 g/mol. The highest BCUT2D eigenvalue weighted by atomic mass is 32.2. The van der Waals surface area contributed by atoms with Gasteiger partial charge in [0.25, 0.3) is 0 Å². The number of ether oxygens (including phenoxy) is 1. The van der Waals surface area contributed by atoms with E-state index < -0.39 is 29.3 Å². The lowest BCUT2D eigenvalue weighted by Crippen LogP contribution is -2.17. The smallest absolute Gasteiger partial charge is 0.339 e. The van der Waals surface area contributed by atoms with Crippen LogP contribution in [0.2, 0.25) is 0 Å². The molecular formula is C11H12F2O3S. The molecule has 1 atom stereocenters. The molecule has 17 heavy (non-hydrogen) atoms. The van der Waals surface area contributed by atoms with Gasteiger partial charge in [0, 0.05) is 10.5 Å². The highest BCUT2D eigenvalue weighted by molar-refractivity contribution is 7.98. The van der Waals surface area contributed by atoms with Crippen LogP contribution in [0, 0.1) is 11.6 Å². The van der Waals surface area contributed by atoms with E-state index in [0.29, 0.717) is 0 Å². The van der Waals surface area contributed by atoms with E-state index in [9.17, 15) is 18.7 Å². The molecule has 0 aliphatic rings. The predicted octanol–water partition coefficient (Wildman–Crippen LogP) is 2.28. The molecule has 0 radical (unpaired) electrons. The standard InChI is InChI=1S/C11H12F2O3S/c1-3-16-11(15)10(14)7-4-6(12)5-8(17-2)9(7)13/h4-5,10,14H,3H2,1-2H3. The minimum absolute atomic E-state index is 0.0309. The second-order valence-corrected chi connectivity index (χ2v) is 4.01. The number of hydrogen-bond donors (Lipinski definition) is 1. The number of carbonyl (C=O) groups is 1. The summed E-state index contributed by atoms with van der Waals surface area (Å²) in [6.45, 7) is 1.61. The predicted molar refractivity (Wildman–Crippen MR) is 59.7 cm³/mol. The van der Waals surface area contributed by atoms with Crippen LogP contribution in [0.5, 0.6) is 0 Å². The van der Waals surface area contributed by atoms with Gasteiger partial charge in [-0.3, -0.25) is 0 Å². The van der Waals surface area contributed by atoms with Crippen LogP contribution in [-0.2, 0) is 9.53 Å². The molecule has 94 valence electrons. The number of carbonyl (C=O) groups excluding carboxylic acids is 1. The summed E-state index contributed by atoms with van der Waals surface area (Å²) in [5.41, 5.74) is -0.409. The Kier molecular flexibility index (Phi) is 4.89. The zero-order chi connectivity index (χ0) is 13.0. The van der Waals surface area contributed by atoms with Gasteiger partial charge in [0.2, 0.25) is 0 Å². The van der Waals surface area contributed by atoms with Crippen molar-refractivity contribution in [3.05, 3.63) is 29.3 Å².